The van der Waals surface area contributed by atoms with Crippen LogP contribution in [-0.2, 0) is 0 Å². The Morgan fingerprint density at radius 2 is 2.00 bits per heavy atom. The molecule has 8 heteroatoms. The second-order valence-corrected chi connectivity index (χ2v) is 5.92. The van der Waals surface area contributed by atoms with E-state index < -0.39 is 11.7 Å². The van der Waals surface area contributed by atoms with Gasteiger partial charge in [-0.2, -0.15) is 0 Å². The molecule has 0 aliphatic carbocycles. The van der Waals surface area contributed by atoms with Gasteiger partial charge in [-0.3, -0.25) is 4.79 Å². The number of hydrogen-bond donors (Lipinski definition) is 2. The van der Waals surface area contributed by atoms with Gasteiger partial charge in [-0.15, -0.1) is 5.10 Å². The van der Waals surface area contributed by atoms with E-state index in [4.69, 9.17) is 11.6 Å². The largest absolute Gasteiger partial charge is 0.506 e. The Morgan fingerprint density at radius 3 is 2.72 bits per heavy atom. The van der Waals surface area contributed by atoms with Crippen LogP contribution in [-0.4, -0.2) is 26.0 Å². The molecule has 6 nitrogen and oxygen atoms in total. The Kier molecular flexibility index (Phi) is 4.41. The van der Waals surface area contributed by atoms with E-state index in [-0.39, 0.29) is 22.2 Å². The third-order valence-corrected chi connectivity index (χ3v) is 3.95. The van der Waals surface area contributed by atoms with Gasteiger partial charge in [0.25, 0.3) is 5.91 Å². The number of halogens is 2. The molecule has 1 heterocycles. The van der Waals surface area contributed by atoms with Crippen LogP contribution in [0.2, 0.25) is 5.02 Å². The first-order valence-electron chi connectivity index (χ1n) is 7.35. The average molecular weight is 361 g/mol. The molecule has 0 saturated carbocycles. The van der Waals surface area contributed by atoms with Crippen LogP contribution in [0, 0.1) is 19.7 Å². The summed E-state index contributed by atoms with van der Waals surface area (Å²) in [5.74, 6) is -1.11. The number of phenolic OH excluding ortho intramolecular Hbond substituents is 1. The van der Waals surface area contributed by atoms with Crippen molar-refractivity contribution >= 4 is 23.2 Å². The van der Waals surface area contributed by atoms with Gasteiger partial charge in [0, 0.05) is 0 Å². The first-order chi connectivity index (χ1) is 11.9. The standard InChI is InChI=1S/C17H14ClFN4O2/c1-9-3-6-15(24)14(7-9)20-17(25)16-10(2)23(22-21-16)11-4-5-13(19)12(18)8-11/h3-8,24H,1-2H3,(H,20,25). The van der Waals surface area contributed by atoms with Gasteiger partial charge < -0.3 is 10.4 Å². The Morgan fingerprint density at radius 1 is 1.24 bits per heavy atom. The van der Waals surface area contributed by atoms with Gasteiger partial charge >= 0.3 is 0 Å². The molecule has 0 aliphatic heterocycles. The van der Waals surface area contributed by atoms with Crippen LogP contribution < -0.4 is 5.32 Å². The molecule has 0 saturated heterocycles. The minimum atomic E-state index is -0.545. The third-order valence-electron chi connectivity index (χ3n) is 3.66. The summed E-state index contributed by atoms with van der Waals surface area (Å²) in [5.41, 5.74) is 2.18. The number of amides is 1. The van der Waals surface area contributed by atoms with Gasteiger partial charge in [0.15, 0.2) is 5.69 Å². The van der Waals surface area contributed by atoms with Gasteiger partial charge in [0.2, 0.25) is 0 Å². The zero-order valence-electron chi connectivity index (χ0n) is 13.4. The Labute approximate surface area is 147 Å². The number of hydrogen-bond acceptors (Lipinski definition) is 4. The number of rotatable bonds is 3. The van der Waals surface area contributed by atoms with E-state index >= 15 is 0 Å². The van der Waals surface area contributed by atoms with Crippen molar-refractivity contribution in [2.75, 3.05) is 5.32 Å². The molecular weight excluding hydrogens is 347 g/mol. The lowest BCUT2D eigenvalue weighted by atomic mass is 10.2. The lowest BCUT2D eigenvalue weighted by Crippen LogP contribution is -2.14. The lowest BCUT2D eigenvalue weighted by Gasteiger charge is -2.08. The Hall–Kier alpha value is -2.93. The van der Waals surface area contributed by atoms with Crippen LogP contribution >= 0.6 is 11.6 Å². The fourth-order valence-electron chi connectivity index (χ4n) is 2.33. The van der Waals surface area contributed by atoms with Crippen molar-refractivity contribution in [3.05, 3.63) is 64.2 Å². The van der Waals surface area contributed by atoms with Gasteiger partial charge in [0.05, 0.1) is 22.1 Å². The highest BCUT2D eigenvalue weighted by Crippen LogP contribution is 2.25. The first kappa shape index (κ1) is 16.9. The van der Waals surface area contributed by atoms with E-state index in [2.05, 4.69) is 15.6 Å². The summed E-state index contributed by atoms with van der Waals surface area (Å²) in [7, 11) is 0. The van der Waals surface area contributed by atoms with Crippen LogP contribution in [0.5, 0.6) is 5.75 Å². The minimum absolute atomic E-state index is 0.0469. The fourth-order valence-corrected chi connectivity index (χ4v) is 2.51. The number of carbonyl (C=O) groups excluding carboxylic acids is 1. The molecule has 0 fully saturated rings. The van der Waals surface area contributed by atoms with Crippen LogP contribution in [0.1, 0.15) is 21.7 Å². The Bertz CT molecular complexity index is 971. The summed E-state index contributed by atoms with van der Waals surface area (Å²) in [6.45, 7) is 3.50. The van der Waals surface area contributed by atoms with E-state index in [0.29, 0.717) is 11.4 Å². The maximum absolute atomic E-state index is 13.3. The van der Waals surface area contributed by atoms with Gasteiger partial charge in [-0.1, -0.05) is 22.9 Å². The van der Waals surface area contributed by atoms with Crippen molar-refractivity contribution in [2.24, 2.45) is 0 Å². The predicted molar refractivity (Wildman–Crippen MR) is 91.9 cm³/mol. The maximum Gasteiger partial charge on any atom is 0.278 e. The molecule has 1 amide bonds. The van der Waals surface area contributed by atoms with Gasteiger partial charge in [-0.25, -0.2) is 9.07 Å². The van der Waals surface area contributed by atoms with Crippen molar-refractivity contribution in [3.63, 3.8) is 0 Å². The quantitative estimate of drug-likeness (QED) is 0.699. The maximum atomic E-state index is 13.3. The normalized spacial score (nSPS) is 10.7. The fraction of sp³-hybridized carbons (Fsp3) is 0.118. The topological polar surface area (TPSA) is 80.0 Å². The molecule has 0 unspecified atom stereocenters. The molecule has 3 aromatic rings. The number of aromatic nitrogens is 3. The van der Waals surface area contributed by atoms with Crippen LogP contribution in [0.3, 0.4) is 0 Å². The lowest BCUT2D eigenvalue weighted by molar-refractivity contribution is 0.102. The van der Waals surface area contributed by atoms with Gasteiger partial charge in [0.1, 0.15) is 11.6 Å². The molecule has 0 atom stereocenters. The number of benzene rings is 2. The summed E-state index contributed by atoms with van der Waals surface area (Å²) >= 11 is 5.78. The SMILES string of the molecule is Cc1ccc(O)c(NC(=O)c2nnn(-c3ccc(F)c(Cl)c3)c2C)c1. The molecule has 0 radical (unpaired) electrons. The van der Waals surface area contributed by atoms with Crippen molar-refractivity contribution in [2.45, 2.75) is 13.8 Å². The number of phenols is 1. The van der Waals surface area contributed by atoms with Crippen LogP contribution in [0.15, 0.2) is 36.4 Å². The molecule has 0 bridgehead atoms. The molecule has 1 aromatic heterocycles. The number of nitrogens with one attached hydrogen (secondary N) is 1. The zero-order chi connectivity index (χ0) is 18.1. The average Bonchev–Trinajstić information content (AvgIpc) is 2.95. The van der Waals surface area contributed by atoms with Crippen LogP contribution in [0.25, 0.3) is 5.69 Å². The summed E-state index contributed by atoms with van der Waals surface area (Å²) in [5, 5.41) is 20.2. The number of nitrogens with zero attached hydrogens (tertiary/aromatic N) is 3. The molecule has 3 rings (SSSR count). The number of aromatic hydroxyl groups is 1. The van der Waals surface area contributed by atoms with E-state index in [9.17, 15) is 14.3 Å². The van der Waals surface area contributed by atoms with Crippen molar-refractivity contribution in [1.82, 2.24) is 15.0 Å². The summed E-state index contributed by atoms with van der Waals surface area (Å²) in [6, 6.07) is 8.96. The van der Waals surface area contributed by atoms with E-state index in [1.54, 1.807) is 19.1 Å². The first-order valence-corrected chi connectivity index (χ1v) is 7.73. The monoisotopic (exact) mass is 360 g/mol. The molecule has 25 heavy (non-hydrogen) atoms. The van der Waals surface area contributed by atoms with Crippen molar-refractivity contribution in [3.8, 4) is 11.4 Å². The molecule has 0 spiro atoms. The van der Waals surface area contributed by atoms with Crippen molar-refractivity contribution < 1.29 is 14.3 Å². The predicted octanol–water partition coefficient (Wildman–Crippen LogP) is 3.63. The highest BCUT2D eigenvalue weighted by atomic mass is 35.5. The van der Waals surface area contributed by atoms with Crippen molar-refractivity contribution in [1.29, 1.82) is 0 Å². The summed E-state index contributed by atoms with van der Waals surface area (Å²) in [4.78, 5) is 12.4. The molecular formula is C17H14ClFN4O2. The second-order valence-electron chi connectivity index (χ2n) is 5.51. The smallest absolute Gasteiger partial charge is 0.278 e. The Balaban J connectivity index is 1.91. The number of carbonyl (C=O) groups is 1. The number of anilines is 1. The second kappa shape index (κ2) is 6.52. The number of aryl methyl sites for hydroxylation is 1. The highest BCUT2D eigenvalue weighted by molar-refractivity contribution is 6.30. The van der Waals surface area contributed by atoms with E-state index in [0.717, 1.165) is 5.56 Å². The molecule has 0 aliphatic rings. The summed E-state index contributed by atoms with van der Waals surface area (Å²) in [6.07, 6.45) is 0. The van der Waals surface area contributed by atoms with Crippen LogP contribution in [0.4, 0.5) is 10.1 Å². The van der Waals surface area contributed by atoms with E-state index in [1.165, 1.54) is 28.9 Å². The molecule has 2 N–H and O–H groups in total. The highest BCUT2D eigenvalue weighted by Gasteiger charge is 2.19. The summed E-state index contributed by atoms with van der Waals surface area (Å²) < 4.78 is 14.7. The van der Waals surface area contributed by atoms with E-state index in [1.807, 2.05) is 6.92 Å². The zero-order valence-corrected chi connectivity index (χ0v) is 14.2. The minimum Gasteiger partial charge on any atom is -0.506 e. The molecule has 2 aromatic carbocycles. The third kappa shape index (κ3) is 3.32. The molecule has 128 valence electrons. The van der Waals surface area contributed by atoms with Gasteiger partial charge in [-0.05, 0) is 49.7 Å².